The number of ether oxygens (including phenoxy) is 2. The lowest BCUT2D eigenvalue weighted by atomic mass is 10.1. The molecule has 11 nitrogen and oxygen atoms in total. The average Bonchev–Trinajstić information content (AvgIpc) is 3.56. The highest BCUT2D eigenvalue weighted by atomic mass is 32.2. The molecule has 35 heavy (non-hydrogen) atoms. The minimum Gasteiger partial charge on any atom is -0.454 e. The first-order valence-corrected chi connectivity index (χ1v) is 12.3. The van der Waals surface area contributed by atoms with Gasteiger partial charge < -0.3 is 30.4 Å². The smallest absolute Gasteiger partial charge is 0.231 e. The molecule has 0 spiro atoms. The van der Waals surface area contributed by atoms with Crippen LogP contribution in [0.3, 0.4) is 0 Å². The molecule has 5 N–H and O–H groups in total. The Labute approximate surface area is 211 Å². The summed E-state index contributed by atoms with van der Waals surface area (Å²) in [5.74, 6) is 1.71. The zero-order valence-corrected chi connectivity index (χ0v) is 20.9. The minimum atomic E-state index is 0.186. The van der Waals surface area contributed by atoms with Crippen molar-refractivity contribution in [2.45, 2.75) is 42.9 Å². The van der Waals surface area contributed by atoms with Gasteiger partial charge in [-0.2, -0.15) is 5.10 Å². The number of thiocarbonyl (C=S) groups is 1. The molecule has 182 valence electrons. The Morgan fingerprint density at radius 3 is 2.80 bits per heavy atom. The number of hydrogen-bond donors (Lipinski definition) is 3. The number of fused-ring (bicyclic) bond motifs is 2. The van der Waals surface area contributed by atoms with E-state index in [0.717, 1.165) is 27.7 Å². The molecular formula is C22H25N9O2S2. The molecule has 1 aliphatic rings. The van der Waals surface area contributed by atoms with Crippen molar-refractivity contribution >= 4 is 46.1 Å². The summed E-state index contributed by atoms with van der Waals surface area (Å²) in [5, 5.41) is 8.26. The molecule has 0 saturated heterocycles. The molecule has 1 aliphatic heterocycles. The molecule has 0 radical (unpaired) electrons. The predicted octanol–water partition coefficient (Wildman–Crippen LogP) is 3.02. The van der Waals surface area contributed by atoms with Gasteiger partial charge in [-0.25, -0.2) is 15.0 Å². The van der Waals surface area contributed by atoms with Gasteiger partial charge in [-0.3, -0.25) is 5.10 Å². The first kappa shape index (κ1) is 23.2. The van der Waals surface area contributed by atoms with Crippen molar-refractivity contribution < 1.29 is 9.47 Å². The van der Waals surface area contributed by atoms with E-state index in [0.29, 0.717) is 46.7 Å². The van der Waals surface area contributed by atoms with Crippen molar-refractivity contribution in [2.24, 2.45) is 5.73 Å². The summed E-state index contributed by atoms with van der Waals surface area (Å²) in [5.41, 5.74) is 15.1. The summed E-state index contributed by atoms with van der Waals surface area (Å²) in [6.07, 6.45) is 3.95. The number of H-pyrrole nitrogens is 1. The number of aromatic nitrogens is 6. The number of aryl methyl sites for hydroxylation is 1. The Morgan fingerprint density at radius 2 is 2.09 bits per heavy atom. The van der Waals surface area contributed by atoms with Gasteiger partial charge >= 0.3 is 0 Å². The maximum Gasteiger partial charge on any atom is 0.231 e. The van der Waals surface area contributed by atoms with Crippen LogP contribution in [-0.2, 0) is 6.54 Å². The van der Waals surface area contributed by atoms with Gasteiger partial charge in [-0.05, 0) is 50.7 Å². The van der Waals surface area contributed by atoms with Crippen molar-refractivity contribution in [2.75, 3.05) is 19.1 Å². The van der Waals surface area contributed by atoms with Gasteiger partial charge in [-0.1, -0.05) is 11.8 Å². The molecule has 0 fully saturated rings. The van der Waals surface area contributed by atoms with E-state index in [-0.39, 0.29) is 12.8 Å². The molecule has 0 unspecified atom stereocenters. The highest BCUT2D eigenvalue weighted by molar-refractivity contribution is 7.99. The van der Waals surface area contributed by atoms with Crippen LogP contribution in [0.15, 0.2) is 40.8 Å². The molecule has 5 rings (SSSR count). The van der Waals surface area contributed by atoms with Crippen LogP contribution in [0, 0.1) is 0 Å². The van der Waals surface area contributed by atoms with Crippen LogP contribution < -0.4 is 20.9 Å². The standard InChI is InChI=1S/C22H25N9O2S2/c1-12(2)30(21(24)34)6-3-7-31-20-18(19(23)25-10-26-20)28-22(31)35-17-9-16-15(32-11-33-16)8-13(17)14-4-5-27-29-14/h4-5,8-10,12H,3,6-7,11H2,1-2H3,(H2,24,34)(H,27,29)(H2,23,25,26). The largest absolute Gasteiger partial charge is 0.454 e. The quantitative estimate of drug-likeness (QED) is 0.300. The van der Waals surface area contributed by atoms with Gasteiger partial charge in [-0.15, -0.1) is 0 Å². The van der Waals surface area contributed by atoms with E-state index in [1.165, 1.54) is 18.1 Å². The summed E-state index contributed by atoms with van der Waals surface area (Å²) in [6.45, 7) is 5.67. The van der Waals surface area contributed by atoms with Crippen molar-refractivity contribution in [3.63, 3.8) is 0 Å². The summed E-state index contributed by atoms with van der Waals surface area (Å²) < 4.78 is 13.3. The number of anilines is 1. The Morgan fingerprint density at radius 1 is 1.29 bits per heavy atom. The lowest BCUT2D eigenvalue weighted by Gasteiger charge is -2.27. The topological polar surface area (TPSA) is 146 Å². The molecule has 0 amide bonds. The lowest BCUT2D eigenvalue weighted by molar-refractivity contribution is 0.174. The van der Waals surface area contributed by atoms with Crippen LogP contribution in [0.2, 0.25) is 0 Å². The van der Waals surface area contributed by atoms with Gasteiger partial charge in [0.25, 0.3) is 0 Å². The van der Waals surface area contributed by atoms with Crippen molar-refractivity contribution in [3.8, 4) is 22.8 Å². The van der Waals surface area contributed by atoms with Gasteiger partial charge in [0, 0.05) is 35.8 Å². The Kier molecular flexibility index (Phi) is 6.34. The van der Waals surface area contributed by atoms with E-state index in [4.69, 9.17) is 38.1 Å². The number of benzene rings is 1. The summed E-state index contributed by atoms with van der Waals surface area (Å²) in [6, 6.07) is 6.02. The zero-order chi connectivity index (χ0) is 24.5. The van der Waals surface area contributed by atoms with Crippen LogP contribution in [0.5, 0.6) is 11.5 Å². The lowest BCUT2D eigenvalue weighted by Crippen LogP contribution is -2.41. The fraction of sp³-hybridized carbons (Fsp3) is 0.318. The maximum absolute atomic E-state index is 6.14. The molecule has 1 aromatic carbocycles. The number of rotatable bonds is 8. The minimum absolute atomic E-state index is 0.186. The average molecular weight is 512 g/mol. The van der Waals surface area contributed by atoms with Crippen LogP contribution in [0.25, 0.3) is 22.4 Å². The van der Waals surface area contributed by atoms with E-state index >= 15 is 0 Å². The van der Waals surface area contributed by atoms with Gasteiger partial charge in [0.1, 0.15) is 6.33 Å². The summed E-state index contributed by atoms with van der Waals surface area (Å²) in [7, 11) is 0. The Hall–Kier alpha value is -3.58. The van der Waals surface area contributed by atoms with Crippen LogP contribution in [0.1, 0.15) is 20.3 Å². The van der Waals surface area contributed by atoms with Gasteiger partial charge in [0.2, 0.25) is 6.79 Å². The monoisotopic (exact) mass is 511 g/mol. The maximum atomic E-state index is 6.14. The third-order valence-electron chi connectivity index (χ3n) is 5.68. The number of nitrogen functional groups attached to an aromatic ring is 1. The Bertz CT molecular complexity index is 1370. The molecule has 0 aliphatic carbocycles. The van der Waals surface area contributed by atoms with E-state index in [2.05, 4.69) is 38.6 Å². The summed E-state index contributed by atoms with van der Waals surface area (Å²) in [4.78, 5) is 16.3. The van der Waals surface area contributed by atoms with Crippen LogP contribution in [-0.4, -0.2) is 59.1 Å². The van der Waals surface area contributed by atoms with Crippen molar-refractivity contribution in [1.29, 1.82) is 0 Å². The highest BCUT2D eigenvalue weighted by Gasteiger charge is 2.23. The fourth-order valence-corrected chi connectivity index (χ4v) is 5.33. The molecule has 0 atom stereocenters. The molecule has 0 bridgehead atoms. The molecule has 13 heteroatoms. The first-order chi connectivity index (χ1) is 16.9. The molecule has 3 aromatic heterocycles. The third-order valence-corrected chi connectivity index (χ3v) is 6.97. The predicted molar refractivity (Wildman–Crippen MR) is 137 cm³/mol. The van der Waals surface area contributed by atoms with Crippen molar-refractivity contribution in [3.05, 3.63) is 30.7 Å². The summed E-state index contributed by atoms with van der Waals surface area (Å²) >= 11 is 6.71. The molecular weight excluding hydrogens is 486 g/mol. The normalized spacial score (nSPS) is 12.5. The van der Waals surface area contributed by atoms with Crippen LogP contribution in [0.4, 0.5) is 5.82 Å². The fourth-order valence-electron chi connectivity index (χ4n) is 3.96. The van der Waals surface area contributed by atoms with E-state index in [9.17, 15) is 0 Å². The second-order valence-electron chi connectivity index (χ2n) is 8.23. The Balaban J connectivity index is 1.52. The number of imidazole rings is 1. The van der Waals surface area contributed by atoms with Gasteiger partial charge in [0.05, 0.1) is 5.69 Å². The molecule has 4 aromatic rings. The van der Waals surface area contributed by atoms with Crippen LogP contribution >= 0.6 is 24.0 Å². The van der Waals surface area contributed by atoms with E-state index in [1.54, 1.807) is 6.20 Å². The number of aromatic amines is 1. The zero-order valence-electron chi connectivity index (χ0n) is 19.3. The number of nitrogens with two attached hydrogens (primary N) is 2. The van der Waals surface area contributed by atoms with E-state index in [1.807, 2.05) is 23.1 Å². The number of nitrogens with zero attached hydrogens (tertiary/aromatic N) is 6. The molecule has 0 saturated carbocycles. The third kappa shape index (κ3) is 4.56. The second-order valence-corrected chi connectivity index (χ2v) is 9.66. The van der Waals surface area contributed by atoms with Crippen molar-refractivity contribution in [1.82, 2.24) is 34.6 Å². The SMILES string of the molecule is CC(C)N(CCCn1c(Sc2cc3c(cc2-c2ccn[nH]2)OCO3)nc2c(N)ncnc21)C(N)=S. The first-order valence-electron chi connectivity index (χ1n) is 11.1. The second kappa shape index (κ2) is 9.58. The van der Waals surface area contributed by atoms with E-state index < -0.39 is 0 Å². The number of hydrogen-bond acceptors (Lipinski definition) is 9. The van der Waals surface area contributed by atoms with Gasteiger partial charge in [0.15, 0.2) is 38.7 Å². The molecule has 4 heterocycles. The number of nitrogens with one attached hydrogen (secondary N) is 1. The highest BCUT2D eigenvalue weighted by Crippen LogP contribution is 2.44.